The number of aromatic nitrogens is 2. The molecule has 1 amide bonds. The van der Waals surface area contributed by atoms with E-state index in [4.69, 9.17) is 4.74 Å². The van der Waals surface area contributed by atoms with Crippen LogP contribution in [0.1, 0.15) is 10.4 Å². The van der Waals surface area contributed by atoms with E-state index in [1.807, 2.05) is 24.3 Å². The Hall–Kier alpha value is -2.47. The van der Waals surface area contributed by atoms with Gasteiger partial charge in [-0.05, 0) is 12.1 Å². The quantitative estimate of drug-likeness (QED) is 0.926. The van der Waals surface area contributed by atoms with Crippen molar-refractivity contribution in [2.75, 3.05) is 36.5 Å². The molecular weight excluding hydrogens is 268 g/mol. The maximum Gasteiger partial charge on any atom is 0.258 e. The molecule has 1 aromatic carbocycles. The number of rotatable bonds is 3. The molecule has 1 aliphatic rings. The van der Waals surface area contributed by atoms with Gasteiger partial charge in [0.15, 0.2) is 0 Å². The van der Waals surface area contributed by atoms with Gasteiger partial charge in [-0.2, -0.15) is 0 Å². The van der Waals surface area contributed by atoms with Crippen molar-refractivity contribution in [2.24, 2.45) is 0 Å². The summed E-state index contributed by atoms with van der Waals surface area (Å²) < 4.78 is 5.37. The summed E-state index contributed by atoms with van der Waals surface area (Å²) in [7, 11) is 0. The monoisotopic (exact) mass is 284 g/mol. The van der Waals surface area contributed by atoms with E-state index in [1.165, 1.54) is 18.7 Å². The molecule has 2 heterocycles. The summed E-state index contributed by atoms with van der Waals surface area (Å²) in [6, 6.07) is 7.77. The van der Waals surface area contributed by atoms with Gasteiger partial charge in [0, 0.05) is 25.5 Å². The molecule has 6 heteroatoms. The van der Waals surface area contributed by atoms with E-state index in [9.17, 15) is 4.79 Å². The van der Waals surface area contributed by atoms with E-state index in [2.05, 4.69) is 20.2 Å². The molecule has 0 atom stereocenters. The molecule has 0 radical (unpaired) electrons. The van der Waals surface area contributed by atoms with E-state index >= 15 is 0 Å². The summed E-state index contributed by atoms with van der Waals surface area (Å²) in [5.41, 5.74) is 2.23. The third kappa shape index (κ3) is 3.17. The summed E-state index contributed by atoms with van der Waals surface area (Å²) in [5, 5.41) is 2.92. The van der Waals surface area contributed by atoms with E-state index in [-0.39, 0.29) is 5.91 Å². The van der Waals surface area contributed by atoms with Crippen LogP contribution in [0.2, 0.25) is 0 Å². The maximum absolute atomic E-state index is 12.2. The number of nitrogens with zero attached hydrogens (tertiary/aromatic N) is 3. The SMILES string of the molecule is O=C(Nc1ccccc1N1CCOCC1)c1cncnc1. The van der Waals surface area contributed by atoms with Crippen LogP contribution in [0.15, 0.2) is 43.0 Å². The van der Waals surface area contributed by atoms with Gasteiger partial charge in [-0.1, -0.05) is 12.1 Å². The van der Waals surface area contributed by atoms with E-state index in [0.29, 0.717) is 18.8 Å². The van der Waals surface area contributed by atoms with Crippen LogP contribution in [0.25, 0.3) is 0 Å². The first-order valence-electron chi connectivity index (χ1n) is 6.83. The zero-order valence-corrected chi connectivity index (χ0v) is 11.5. The van der Waals surface area contributed by atoms with Gasteiger partial charge >= 0.3 is 0 Å². The van der Waals surface area contributed by atoms with Gasteiger partial charge in [0.1, 0.15) is 6.33 Å². The number of ether oxygens (including phenoxy) is 1. The summed E-state index contributed by atoms with van der Waals surface area (Å²) >= 11 is 0. The molecule has 0 spiro atoms. The second-order valence-electron chi connectivity index (χ2n) is 4.70. The molecule has 1 N–H and O–H groups in total. The largest absolute Gasteiger partial charge is 0.378 e. The fourth-order valence-corrected chi connectivity index (χ4v) is 2.27. The van der Waals surface area contributed by atoms with Crippen molar-refractivity contribution in [3.63, 3.8) is 0 Å². The molecule has 0 bridgehead atoms. The third-order valence-corrected chi connectivity index (χ3v) is 3.33. The van der Waals surface area contributed by atoms with Crippen molar-refractivity contribution in [3.8, 4) is 0 Å². The second-order valence-corrected chi connectivity index (χ2v) is 4.70. The number of anilines is 2. The molecular formula is C15H16N4O2. The molecule has 3 rings (SSSR count). The first kappa shape index (κ1) is 13.5. The Morgan fingerprint density at radius 3 is 2.62 bits per heavy atom. The number of amides is 1. The molecule has 21 heavy (non-hydrogen) atoms. The third-order valence-electron chi connectivity index (χ3n) is 3.33. The molecule has 108 valence electrons. The van der Waals surface area contributed by atoms with Gasteiger partial charge in [0.25, 0.3) is 5.91 Å². The van der Waals surface area contributed by atoms with Gasteiger partial charge in [-0.3, -0.25) is 4.79 Å². The van der Waals surface area contributed by atoms with E-state index < -0.39 is 0 Å². The van der Waals surface area contributed by atoms with Crippen LogP contribution in [0, 0.1) is 0 Å². The Balaban J connectivity index is 1.80. The van der Waals surface area contributed by atoms with Crippen molar-refractivity contribution in [3.05, 3.63) is 48.5 Å². The molecule has 0 saturated carbocycles. The Bertz CT molecular complexity index is 612. The van der Waals surface area contributed by atoms with Crippen molar-refractivity contribution >= 4 is 17.3 Å². The smallest absolute Gasteiger partial charge is 0.258 e. The maximum atomic E-state index is 12.2. The molecule has 1 aliphatic heterocycles. The lowest BCUT2D eigenvalue weighted by Gasteiger charge is -2.30. The number of hydrogen-bond acceptors (Lipinski definition) is 5. The number of morpholine rings is 1. The molecule has 1 aromatic heterocycles. The number of nitrogens with one attached hydrogen (secondary N) is 1. The fourth-order valence-electron chi connectivity index (χ4n) is 2.27. The lowest BCUT2D eigenvalue weighted by Crippen LogP contribution is -2.36. The highest BCUT2D eigenvalue weighted by atomic mass is 16.5. The summed E-state index contributed by atoms with van der Waals surface area (Å²) in [6.07, 6.45) is 4.40. The molecule has 0 aliphatic carbocycles. The Morgan fingerprint density at radius 1 is 1.14 bits per heavy atom. The van der Waals surface area contributed by atoms with Crippen LogP contribution in [-0.4, -0.2) is 42.2 Å². The Labute approximate surface area is 122 Å². The van der Waals surface area contributed by atoms with Crippen molar-refractivity contribution in [1.29, 1.82) is 0 Å². The number of benzene rings is 1. The normalized spacial score (nSPS) is 14.8. The average Bonchev–Trinajstić information content (AvgIpc) is 2.57. The van der Waals surface area contributed by atoms with Crippen LogP contribution in [0.3, 0.4) is 0 Å². The van der Waals surface area contributed by atoms with Crippen molar-refractivity contribution < 1.29 is 9.53 Å². The number of carbonyl (C=O) groups excluding carboxylic acids is 1. The number of hydrogen-bond donors (Lipinski definition) is 1. The summed E-state index contributed by atoms with van der Waals surface area (Å²) in [4.78, 5) is 22.1. The Kier molecular flexibility index (Phi) is 4.07. The highest BCUT2D eigenvalue weighted by molar-refractivity contribution is 6.05. The van der Waals surface area contributed by atoms with Crippen LogP contribution in [-0.2, 0) is 4.74 Å². The molecule has 2 aromatic rings. The zero-order valence-electron chi connectivity index (χ0n) is 11.5. The molecule has 1 fully saturated rings. The second kappa shape index (κ2) is 6.32. The lowest BCUT2D eigenvalue weighted by atomic mass is 10.2. The highest BCUT2D eigenvalue weighted by Crippen LogP contribution is 2.26. The lowest BCUT2D eigenvalue weighted by molar-refractivity contribution is 0.102. The van der Waals surface area contributed by atoms with Crippen molar-refractivity contribution in [1.82, 2.24) is 9.97 Å². The van der Waals surface area contributed by atoms with Crippen LogP contribution < -0.4 is 10.2 Å². The standard InChI is InChI=1S/C15H16N4O2/c20-15(12-9-16-11-17-10-12)18-13-3-1-2-4-14(13)19-5-7-21-8-6-19/h1-4,9-11H,5-8H2,(H,18,20). The van der Waals surface area contributed by atoms with Crippen LogP contribution in [0.4, 0.5) is 11.4 Å². The topological polar surface area (TPSA) is 67.4 Å². The first-order valence-corrected chi connectivity index (χ1v) is 6.83. The predicted octanol–water partition coefficient (Wildman–Crippen LogP) is 1.57. The van der Waals surface area contributed by atoms with Crippen LogP contribution >= 0.6 is 0 Å². The minimum Gasteiger partial charge on any atom is -0.378 e. The number of para-hydroxylation sites is 2. The first-order chi connectivity index (χ1) is 10.3. The molecule has 6 nitrogen and oxygen atoms in total. The van der Waals surface area contributed by atoms with E-state index in [1.54, 1.807) is 0 Å². The fraction of sp³-hybridized carbons (Fsp3) is 0.267. The van der Waals surface area contributed by atoms with Crippen molar-refractivity contribution in [2.45, 2.75) is 0 Å². The van der Waals surface area contributed by atoms with Gasteiger partial charge in [-0.15, -0.1) is 0 Å². The summed E-state index contributed by atoms with van der Waals surface area (Å²) in [6.45, 7) is 3.05. The zero-order chi connectivity index (χ0) is 14.5. The minimum absolute atomic E-state index is 0.212. The predicted molar refractivity (Wildman–Crippen MR) is 79.5 cm³/mol. The van der Waals surface area contributed by atoms with Gasteiger partial charge in [0.05, 0.1) is 30.2 Å². The highest BCUT2D eigenvalue weighted by Gasteiger charge is 2.16. The molecule has 0 unspecified atom stereocenters. The van der Waals surface area contributed by atoms with Crippen LogP contribution in [0.5, 0.6) is 0 Å². The Morgan fingerprint density at radius 2 is 1.86 bits per heavy atom. The minimum atomic E-state index is -0.212. The van der Waals surface area contributed by atoms with Gasteiger partial charge in [0.2, 0.25) is 0 Å². The molecule has 1 saturated heterocycles. The summed E-state index contributed by atoms with van der Waals surface area (Å²) in [5.74, 6) is -0.212. The van der Waals surface area contributed by atoms with Gasteiger partial charge < -0.3 is 15.0 Å². The van der Waals surface area contributed by atoms with Gasteiger partial charge in [-0.25, -0.2) is 9.97 Å². The average molecular weight is 284 g/mol. The van der Waals surface area contributed by atoms with E-state index in [0.717, 1.165) is 24.5 Å². The number of carbonyl (C=O) groups is 1.